The van der Waals surface area contributed by atoms with Crippen molar-refractivity contribution in [3.63, 3.8) is 0 Å². The van der Waals surface area contributed by atoms with E-state index in [1.54, 1.807) is 5.56 Å². The van der Waals surface area contributed by atoms with Gasteiger partial charge in [-0.15, -0.1) is 0 Å². The van der Waals surface area contributed by atoms with Gasteiger partial charge in [0.05, 0.1) is 0 Å². The zero-order valence-electron chi connectivity index (χ0n) is 13.6. The summed E-state index contributed by atoms with van der Waals surface area (Å²) in [5.74, 6) is 0.722. The largest absolute Gasteiger partial charge is 0.314 e. The van der Waals surface area contributed by atoms with Crippen LogP contribution in [0, 0.1) is 26.7 Å². The van der Waals surface area contributed by atoms with Gasteiger partial charge >= 0.3 is 0 Å². The van der Waals surface area contributed by atoms with E-state index in [0.717, 1.165) is 12.5 Å². The standard InChI is InChI=1S/C18H31N/c1-7-19-18(13(2)3)10-8-9-17-15(5)11-14(4)12-16(17)6/h11-13,18-19H,7-10H2,1-6H3. The van der Waals surface area contributed by atoms with Crippen molar-refractivity contribution in [2.45, 2.75) is 66.8 Å². The molecule has 1 aromatic carbocycles. The first kappa shape index (κ1) is 16.2. The molecule has 0 bridgehead atoms. The summed E-state index contributed by atoms with van der Waals surface area (Å²) in [6, 6.07) is 5.29. The number of hydrogen-bond acceptors (Lipinski definition) is 1. The van der Waals surface area contributed by atoms with Crippen molar-refractivity contribution in [3.8, 4) is 0 Å². The van der Waals surface area contributed by atoms with Crippen molar-refractivity contribution in [3.05, 3.63) is 34.4 Å². The van der Waals surface area contributed by atoms with E-state index in [1.807, 2.05) is 0 Å². The number of aryl methyl sites for hydroxylation is 3. The lowest BCUT2D eigenvalue weighted by Crippen LogP contribution is -2.33. The number of rotatable bonds is 7. The zero-order chi connectivity index (χ0) is 14.4. The molecular weight excluding hydrogens is 230 g/mol. The average Bonchev–Trinajstić information content (AvgIpc) is 2.30. The summed E-state index contributed by atoms with van der Waals surface area (Å²) < 4.78 is 0. The smallest absolute Gasteiger partial charge is 0.00900 e. The molecule has 1 N–H and O–H groups in total. The van der Waals surface area contributed by atoms with E-state index < -0.39 is 0 Å². The second-order valence-electron chi connectivity index (χ2n) is 6.18. The fourth-order valence-electron chi connectivity index (χ4n) is 3.04. The Morgan fingerprint density at radius 1 is 1.05 bits per heavy atom. The van der Waals surface area contributed by atoms with Gasteiger partial charge in [0.1, 0.15) is 0 Å². The molecule has 1 nitrogen and oxygen atoms in total. The maximum absolute atomic E-state index is 3.61. The fraction of sp³-hybridized carbons (Fsp3) is 0.667. The molecular formula is C18H31N. The highest BCUT2D eigenvalue weighted by molar-refractivity contribution is 5.37. The molecule has 0 amide bonds. The average molecular weight is 261 g/mol. The van der Waals surface area contributed by atoms with Gasteiger partial charge in [-0.3, -0.25) is 0 Å². The Morgan fingerprint density at radius 2 is 1.63 bits per heavy atom. The number of hydrogen-bond donors (Lipinski definition) is 1. The first-order valence-corrected chi connectivity index (χ1v) is 7.75. The summed E-state index contributed by atoms with van der Waals surface area (Å²) in [5, 5.41) is 3.61. The molecule has 1 unspecified atom stereocenters. The van der Waals surface area contributed by atoms with Crippen LogP contribution < -0.4 is 5.32 Å². The van der Waals surface area contributed by atoms with Crippen LogP contribution in [-0.2, 0) is 6.42 Å². The van der Waals surface area contributed by atoms with Crippen LogP contribution in [0.25, 0.3) is 0 Å². The van der Waals surface area contributed by atoms with Gasteiger partial charge in [-0.2, -0.15) is 0 Å². The molecule has 1 atom stereocenters. The summed E-state index contributed by atoms with van der Waals surface area (Å²) in [4.78, 5) is 0. The van der Waals surface area contributed by atoms with Gasteiger partial charge in [0.2, 0.25) is 0 Å². The van der Waals surface area contributed by atoms with Crippen LogP contribution in [0.2, 0.25) is 0 Å². The van der Waals surface area contributed by atoms with Crippen LogP contribution in [0.4, 0.5) is 0 Å². The second-order valence-corrected chi connectivity index (χ2v) is 6.18. The predicted octanol–water partition coefficient (Wildman–Crippen LogP) is 4.57. The molecule has 1 aromatic rings. The van der Waals surface area contributed by atoms with E-state index in [0.29, 0.717) is 6.04 Å². The minimum absolute atomic E-state index is 0.663. The van der Waals surface area contributed by atoms with Gasteiger partial charge in [0, 0.05) is 6.04 Å². The Labute approximate surface area is 119 Å². The minimum Gasteiger partial charge on any atom is -0.314 e. The van der Waals surface area contributed by atoms with Gasteiger partial charge in [-0.05, 0) is 69.2 Å². The zero-order valence-corrected chi connectivity index (χ0v) is 13.6. The van der Waals surface area contributed by atoms with Gasteiger partial charge in [0.25, 0.3) is 0 Å². The molecule has 0 spiro atoms. The maximum Gasteiger partial charge on any atom is 0.00900 e. The van der Waals surface area contributed by atoms with Crippen molar-refractivity contribution in [2.24, 2.45) is 5.92 Å². The van der Waals surface area contributed by atoms with Crippen molar-refractivity contribution in [2.75, 3.05) is 6.54 Å². The van der Waals surface area contributed by atoms with Crippen molar-refractivity contribution in [1.29, 1.82) is 0 Å². The summed E-state index contributed by atoms with van der Waals surface area (Å²) in [7, 11) is 0. The van der Waals surface area contributed by atoms with E-state index in [9.17, 15) is 0 Å². The molecule has 0 aromatic heterocycles. The maximum atomic E-state index is 3.61. The Hall–Kier alpha value is -0.820. The van der Waals surface area contributed by atoms with E-state index in [-0.39, 0.29) is 0 Å². The van der Waals surface area contributed by atoms with Crippen molar-refractivity contribution in [1.82, 2.24) is 5.32 Å². The summed E-state index contributed by atoms with van der Waals surface area (Å²) in [6.45, 7) is 14.6. The van der Waals surface area contributed by atoms with E-state index in [4.69, 9.17) is 0 Å². The third kappa shape index (κ3) is 4.99. The van der Waals surface area contributed by atoms with Gasteiger partial charge in [-0.25, -0.2) is 0 Å². The molecule has 0 radical (unpaired) electrons. The van der Waals surface area contributed by atoms with Gasteiger partial charge < -0.3 is 5.32 Å². The van der Waals surface area contributed by atoms with E-state index >= 15 is 0 Å². The predicted molar refractivity (Wildman–Crippen MR) is 85.9 cm³/mol. The van der Waals surface area contributed by atoms with E-state index in [2.05, 4.69) is 59.0 Å². The first-order chi connectivity index (χ1) is 8.95. The van der Waals surface area contributed by atoms with Gasteiger partial charge in [-0.1, -0.05) is 38.5 Å². The molecule has 1 rings (SSSR count). The van der Waals surface area contributed by atoms with Crippen molar-refractivity contribution < 1.29 is 0 Å². The molecule has 0 heterocycles. The SMILES string of the molecule is CCNC(CCCc1c(C)cc(C)cc1C)C(C)C. The minimum atomic E-state index is 0.663. The Bertz CT molecular complexity index is 370. The third-order valence-corrected chi connectivity index (χ3v) is 4.05. The molecule has 0 saturated carbocycles. The third-order valence-electron chi connectivity index (χ3n) is 4.05. The highest BCUT2D eigenvalue weighted by atomic mass is 14.9. The lowest BCUT2D eigenvalue weighted by atomic mass is 9.92. The fourth-order valence-corrected chi connectivity index (χ4v) is 3.04. The van der Waals surface area contributed by atoms with Crippen LogP contribution in [0.5, 0.6) is 0 Å². The Morgan fingerprint density at radius 3 is 2.11 bits per heavy atom. The first-order valence-electron chi connectivity index (χ1n) is 7.75. The lowest BCUT2D eigenvalue weighted by molar-refractivity contribution is 0.377. The molecule has 0 aliphatic carbocycles. The molecule has 0 saturated heterocycles. The normalized spacial score (nSPS) is 13.0. The van der Waals surface area contributed by atoms with Crippen LogP contribution in [0.3, 0.4) is 0 Å². The van der Waals surface area contributed by atoms with Crippen LogP contribution in [0.1, 0.15) is 55.9 Å². The second kappa shape index (κ2) is 7.69. The molecule has 0 aliphatic heterocycles. The van der Waals surface area contributed by atoms with Crippen LogP contribution in [-0.4, -0.2) is 12.6 Å². The Kier molecular flexibility index (Phi) is 6.57. The van der Waals surface area contributed by atoms with Gasteiger partial charge in [0.15, 0.2) is 0 Å². The molecule has 19 heavy (non-hydrogen) atoms. The van der Waals surface area contributed by atoms with Crippen LogP contribution in [0.15, 0.2) is 12.1 Å². The van der Waals surface area contributed by atoms with Crippen molar-refractivity contribution >= 4 is 0 Å². The topological polar surface area (TPSA) is 12.0 Å². The summed E-state index contributed by atoms with van der Waals surface area (Å²) in [5.41, 5.74) is 5.86. The monoisotopic (exact) mass is 261 g/mol. The molecule has 0 aliphatic rings. The summed E-state index contributed by atoms with van der Waals surface area (Å²) in [6.07, 6.45) is 3.77. The summed E-state index contributed by atoms with van der Waals surface area (Å²) >= 11 is 0. The quantitative estimate of drug-likeness (QED) is 0.758. The van der Waals surface area contributed by atoms with E-state index in [1.165, 1.54) is 36.0 Å². The highest BCUT2D eigenvalue weighted by Crippen LogP contribution is 2.20. The highest BCUT2D eigenvalue weighted by Gasteiger charge is 2.12. The Balaban J connectivity index is 2.57. The molecule has 0 fully saturated rings. The number of benzene rings is 1. The molecule has 1 heteroatoms. The van der Waals surface area contributed by atoms with Crippen LogP contribution >= 0.6 is 0 Å². The lowest BCUT2D eigenvalue weighted by Gasteiger charge is -2.22. The molecule has 108 valence electrons. The number of nitrogens with one attached hydrogen (secondary N) is 1.